The van der Waals surface area contributed by atoms with Gasteiger partial charge in [-0.15, -0.1) is 0 Å². The molecule has 0 fully saturated rings. The van der Waals surface area contributed by atoms with Gasteiger partial charge in [-0.1, -0.05) is 11.6 Å². The standard InChI is InChI=1S/C14H10ClNO5/c15-11-5-7(1-3-9(11)14(20)21)16-13(19)10-4-2-8(17)6-12(10)18/h1-6,17-18H,(H,16,19)(H,20,21). The van der Waals surface area contributed by atoms with E-state index in [0.29, 0.717) is 0 Å². The van der Waals surface area contributed by atoms with E-state index in [-0.39, 0.29) is 33.3 Å². The van der Waals surface area contributed by atoms with Crippen LogP contribution in [0.2, 0.25) is 5.02 Å². The van der Waals surface area contributed by atoms with E-state index in [1.54, 1.807) is 0 Å². The van der Waals surface area contributed by atoms with Gasteiger partial charge in [0.15, 0.2) is 0 Å². The SMILES string of the molecule is O=C(Nc1ccc(C(=O)O)c(Cl)c1)c1ccc(O)cc1O. The summed E-state index contributed by atoms with van der Waals surface area (Å²) in [6, 6.07) is 7.49. The van der Waals surface area contributed by atoms with Gasteiger partial charge in [0.1, 0.15) is 11.5 Å². The van der Waals surface area contributed by atoms with Crippen molar-refractivity contribution >= 4 is 29.2 Å². The molecule has 7 heteroatoms. The number of carbonyl (C=O) groups excluding carboxylic acids is 1. The summed E-state index contributed by atoms with van der Waals surface area (Å²) in [6.45, 7) is 0. The number of phenols is 2. The number of hydrogen-bond donors (Lipinski definition) is 4. The normalized spacial score (nSPS) is 10.1. The largest absolute Gasteiger partial charge is 0.508 e. The lowest BCUT2D eigenvalue weighted by Crippen LogP contribution is -2.12. The van der Waals surface area contributed by atoms with Gasteiger partial charge in [-0.05, 0) is 30.3 Å². The summed E-state index contributed by atoms with van der Waals surface area (Å²) in [6.07, 6.45) is 0. The second-order valence-corrected chi connectivity index (χ2v) is 4.56. The molecule has 108 valence electrons. The monoisotopic (exact) mass is 307 g/mol. The molecule has 6 nitrogen and oxygen atoms in total. The maximum absolute atomic E-state index is 12.0. The number of carbonyl (C=O) groups is 2. The molecule has 0 unspecified atom stereocenters. The average Bonchev–Trinajstić information content (AvgIpc) is 2.37. The number of rotatable bonds is 3. The lowest BCUT2D eigenvalue weighted by Gasteiger charge is -2.08. The highest BCUT2D eigenvalue weighted by molar-refractivity contribution is 6.33. The van der Waals surface area contributed by atoms with Crippen molar-refractivity contribution in [3.05, 3.63) is 52.5 Å². The molecule has 0 saturated heterocycles. The van der Waals surface area contributed by atoms with Gasteiger partial charge in [0.2, 0.25) is 0 Å². The predicted molar refractivity (Wildman–Crippen MR) is 76.1 cm³/mol. The maximum Gasteiger partial charge on any atom is 0.337 e. The minimum atomic E-state index is -1.17. The third-order valence-electron chi connectivity index (χ3n) is 2.68. The van der Waals surface area contributed by atoms with E-state index in [1.165, 1.54) is 30.3 Å². The highest BCUT2D eigenvalue weighted by atomic mass is 35.5. The first-order chi connectivity index (χ1) is 9.88. The summed E-state index contributed by atoms with van der Waals surface area (Å²) in [7, 11) is 0. The van der Waals surface area contributed by atoms with E-state index in [4.69, 9.17) is 21.8 Å². The van der Waals surface area contributed by atoms with Crippen LogP contribution < -0.4 is 5.32 Å². The van der Waals surface area contributed by atoms with E-state index >= 15 is 0 Å². The molecule has 0 aliphatic rings. The van der Waals surface area contributed by atoms with Gasteiger partial charge in [0.25, 0.3) is 5.91 Å². The van der Waals surface area contributed by atoms with Crippen molar-refractivity contribution in [1.82, 2.24) is 0 Å². The molecule has 0 saturated carbocycles. The van der Waals surface area contributed by atoms with Crippen molar-refractivity contribution in [1.29, 1.82) is 0 Å². The van der Waals surface area contributed by atoms with Crippen LogP contribution in [0.5, 0.6) is 11.5 Å². The first-order valence-electron chi connectivity index (χ1n) is 5.74. The molecule has 0 heterocycles. The highest BCUT2D eigenvalue weighted by Crippen LogP contribution is 2.25. The maximum atomic E-state index is 12.0. The molecule has 2 aromatic carbocycles. The number of hydrogen-bond acceptors (Lipinski definition) is 4. The Morgan fingerprint density at radius 2 is 1.67 bits per heavy atom. The van der Waals surface area contributed by atoms with Crippen molar-refractivity contribution in [2.45, 2.75) is 0 Å². The molecule has 2 aromatic rings. The number of aromatic carboxylic acids is 1. The molecule has 2 rings (SSSR count). The van der Waals surface area contributed by atoms with Crippen LogP contribution in [0.25, 0.3) is 0 Å². The third-order valence-corrected chi connectivity index (χ3v) is 3.00. The number of benzene rings is 2. The molecule has 0 aromatic heterocycles. The Labute approximate surface area is 124 Å². The van der Waals surface area contributed by atoms with E-state index in [9.17, 15) is 14.7 Å². The van der Waals surface area contributed by atoms with E-state index in [0.717, 1.165) is 6.07 Å². The van der Waals surface area contributed by atoms with Crippen LogP contribution in [0.4, 0.5) is 5.69 Å². The molecule has 21 heavy (non-hydrogen) atoms. The summed E-state index contributed by atoms with van der Waals surface area (Å²) in [5.41, 5.74) is 0.163. The fourth-order valence-electron chi connectivity index (χ4n) is 1.68. The van der Waals surface area contributed by atoms with Crippen LogP contribution in [0, 0.1) is 0 Å². The van der Waals surface area contributed by atoms with Crippen molar-refractivity contribution < 1.29 is 24.9 Å². The number of halogens is 1. The summed E-state index contributed by atoms with van der Waals surface area (Å²) in [4.78, 5) is 22.8. The molecule has 4 N–H and O–H groups in total. The van der Waals surface area contributed by atoms with E-state index in [1.807, 2.05) is 0 Å². The topological polar surface area (TPSA) is 107 Å². The Balaban J connectivity index is 2.23. The molecular formula is C14H10ClNO5. The Morgan fingerprint density at radius 1 is 1.00 bits per heavy atom. The second-order valence-electron chi connectivity index (χ2n) is 4.16. The van der Waals surface area contributed by atoms with Crippen LogP contribution in [0.3, 0.4) is 0 Å². The Bertz CT molecular complexity index is 729. The van der Waals surface area contributed by atoms with Crippen LogP contribution >= 0.6 is 11.6 Å². The molecule has 0 aliphatic heterocycles. The first-order valence-corrected chi connectivity index (χ1v) is 6.12. The van der Waals surface area contributed by atoms with E-state index < -0.39 is 11.9 Å². The van der Waals surface area contributed by atoms with Crippen molar-refractivity contribution in [3.63, 3.8) is 0 Å². The van der Waals surface area contributed by atoms with Gasteiger partial charge >= 0.3 is 5.97 Å². The first kappa shape index (κ1) is 14.7. The average molecular weight is 308 g/mol. The van der Waals surface area contributed by atoms with Gasteiger partial charge in [0, 0.05) is 11.8 Å². The lowest BCUT2D eigenvalue weighted by molar-refractivity contribution is 0.0697. The molecular weight excluding hydrogens is 298 g/mol. The third kappa shape index (κ3) is 3.24. The van der Waals surface area contributed by atoms with Crippen LogP contribution in [0.1, 0.15) is 20.7 Å². The zero-order valence-electron chi connectivity index (χ0n) is 10.5. The molecule has 0 atom stereocenters. The van der Waals surface area contributed by atoms with Gasteiger partial charge < -0.3 is 20.6 Å². The number of carboxylic acids is 1. The molecule has 1 amide bonds. The number of anilines is 1. The number of amides is 1. The zero-order valence-corrected chi connectivity index (χ0v) is 11.3. The smallest absolute Gasteiger partial charge is 0.337 e. The van der Waals surface area contributed by atoms with Gasteiger partial charge in [-0.25, -0.2) is 4.79 Å². The molecule has 0 radical (unpaired) electrons. The van der Waals surface area contributed by atoms with Crippen molar-refractivity contribution in [2.24, 2.45) is 0 Å². The van der Waals surface area contributed by atoms with Gasteiger partial charge in [0.05, 0.1) is 16.1 Å². The summed E-state index contributed by atoms with van der Waals surface area (Å²) < 4.78 is 0. The fraction of sp³-hybridized carbons (Fsp3) is 0. The zero-order chi connectivity index (χ0) is 15.6. The molecule has 0 spiro atoms. The van der Waals surface area contributed by atoms with Gasteiger partial charge in [-0.2, -0.15) is 0 Å². The summed E-state index contributed by atoms with van der Waals surface area (Å²) >= 11 is 5.79. The van der Waals surface area contributed by atoms with E-state index in [2.05, 4.69) is 5.32 Å². The van der Waals surface area contributed by atoms with Crippen LogP contribution in [-0.4, -0.2) is 27.2 Å². The lowest BCUT2D eigenvalue weighted by atomic mass is 10.1. The van der Waals surface area contributed by atoms with Crippen molar-refractivity contribution in [2.75, 3.05) is 5.32 Å². The second kappa shape index (κ2) is 5.72. The minimum absolute atomic E-state index is 0.0183. The van der Waals surface area contributed by atoms with Crippen LogP contribution in [-0.2, 0) is 0 Å². The summed E-state index contributed by atoms with van der Waals surface area (Å²) in [5.74, 6) is -2.33. The number of aromatic hydroxyl groups is 2. The Kier molecular flexibility index (Phi) is 4.00. The van der Waals surface area contributed by atoms with Crippen molar-refractivity contribution in [3.8, 4) is 11.5 Å². The Hall–Kier alpha value is -2.73. The molecule has 0 aliphatic carbocycles. The quantitative estimate of drug-likeness (QED) is 0.697. The molecule has 0 bridgehead atoms. The predicted octanol–water partition coefficient (Wildman–Crippen LogP) is 2.70. The Morgan fingerprint density at radius 3 is 2.24 bits per heavy atom. The number of nitrogens with one attached hydrogen (secondary N) is 1. The number of phenolic OH excluding ortho intramolecular Hbond substituents is 2. The minimum Gasteiger partial charge on any atom is -0.508 e. The summed E-state index contributed by atoms with van der Waals surface area (Å²) in [5, 5.41) is 30.0. The van der Waals surface area contributed by atoms with Gasteiger partial charge in [-0.3, -0.25) is 4.79 Å². The van der Waals surface area contributed by atoms with Crippen LogP contribution in [0.15, 0.2) is 36.4 Å². The highest BCUT2D eigenvalue weighted by Gasteiger charge is 2.14. The fourth-order valence-corrected chi connectivity index (χ4v) is 1.94. The number of carboxylic acid groups (broad SMARTS) is 1.